The van der Waals surface area contributed by atoms with Gasteiger partial charge in [-0.3, -0.25) is 14.5 Å². The van der Waals surface area contributed by atoms with Crippen LogP contribution in [0, 0.1) is 11.3 Å². The Morgan fingerprint density at radius 2 is 1.94 bits per heavy atom. The number of hydrogen-bond donors (Lipinski definition) is 1. The number of aryl methyl sites for hydroxylation is 1. The van der Waals surface area contributed by atoms with Gasteiger partial charge in [-0.15, -0.1) is 0 Å². The maximum absolute atomic E-state index is 13.1. The molecule has 0 bridgehead atoms. The van der Waals surface area contributed by atoms with Crippen LogP contribution in [-0.2, 0) is 16.0 Å². The van der Waals surface area contributed by atoms with Crippen molar-refractivity contribution in [2.24, 2.45) is 0 Å². The number of benzene rings is 2. The maximum Gasteiger partial charge on any atom is 0.300 e. The Labute approximate surface area is 183 Å². The SMILES string of the molecule is N#Cc1ccc(N2C(=O)C(=O)/C(=C(\O)c3ccc4c(c3)CCCO4)C2c2ccco2)cc1. The van der Waals surface area contributed by atoms with Crippen molar-refractivity contribution in [3.8, 4) is 11.8 Å². The van der Waals surface area contributed by atoms with E-state index in [1.54, 1.807) is 54.6 Å². The first-order chi connectivity index (χ1) is 15.6. The third-order valence-electron chi connectivity index (χ3n) is 5.71. The van der Waals surface area contributed by atoms with Crippen molar-refractivity contribution >= 4 is 23.1 Å². The van der Waals surface area contributed by atoms with Gasteiger partial charge in [-0.2, -0.15) is 5.26 Å². The van der Waals surface area contributed by atoms with Crippen LogP contribution in [0.2, 0.25) is 0 Å². The van der Waals surface area contributed by atoms with Gasteiger partial charge in [0, 0.05) is 11.3 Å². The molecule has 0 aliphatic carbocycles. The Balaban J connectivity index is 1.66. The van der Waals surface area contributed by atoms with E-state index in [2.05, 4.69) is 0 Å². The standard InChI is InChI=1S/C25H18N2O5/c26-14-15-5-8-18(9-6-15)27-22(20-4-2-12-32-20)21(24(29)25(27)30)23(28)17-7-10-19-16(13-17)3-1-11-31-19/h2,4-10,12-13,22,28H,1,3,11H2/b23-21-. The quantitative estimate of drug-likeness (QED) is 0.384. The number of carbonyl (C=O) groups excluding carboxylic acids is 2. The average Bonchev–Trinajstić information content (AvgIpc) is 3.45. The Kier molecular flexibility index (Phi) is 4.75. The zero-order valence-electron chi connectivity index (χ0n) is 16.9. The topological polar surface area (TPSA) is 104 Å². The van der Waals surface area contributed by atoms with E-state index in [-0.39, 0.29) is 11.3 Å². The van der Waals surface area contributed by atoms with Gasteiger partial charge in [-0.05, 0) is 73.0 Å². The van der Waals surface area contributed by atoms with Crippen molar-refractivity contribution in [2.75, 3.05) is 11.5 Å². The van der Waals surface area contributed by atoms with Gasteiger partial charge in [0.25, 0.3) is 11.7 Å². The first-order valence-corrected chi connectivity index (χ1v) is 10.2. The van der Waals surface area contributed by atoms with Crippen LogP contribution in [0.4, 0.5) is 5.69 Å². The van der Waals surface area contributed by atoms with E-state index in [1.807, 2.05) is 6.07 Å². The lowest BCUT2D eigenvalue weighted by atomic mass is 9.96. The molecule has 1 fully saturated rings. The fourth-order valence-corrected chi connectivity index (χ4v) is 4.17. The number of nitriles is 1. The fraction of sp³-hybridized carbons (Fsp3) is 0.160. The highest BCUT2D eigenvalue weighted by Crippen LogP contribution is 2.42. The van der Waals surface area contributed by atoms with Gasteiger partial charge in [0.05, 0.1) is 30.1 Å². The molecule has 3 heterocycles. The summed E-state index contributed by atoms with van der Waals surface area (Å²) in [6.45, 7) is 0.645. The Bertz CT molecular complexity index is 1280. The van der Waals surface area contributed by atoms with Crippen LogP contribution in [0.15, 0.2) is 70.9 Å². The maximum atomic E-state index is 13.1. The van der Waals surface area contributed by atoms with Crippen LogP contribution in [0.25, 0.3) is 5.76 Å². The molecule has 0 radical (unpaired) electrons. The Hall–Kier alpha value is -4.31. The number of hydrogen-bond acceptors (Lipinski definition) is 6. The van der Waals surface area contributed by atoms with E-state index in [0.29, 0.717) is 29.2 Å². The molecule has 1 unspecified atom stereocenters. The van der Waals surface area contributed by atoms with Gasteiger partial charge in [0.1, 0.15) is 23.3 Å². The number of Topliss-reactive ketones (excluding diaryl/α,β-unsaturated/α-hetero) is 1. The fourth-order valence-electron chi connectivity index (χ4n) is 4.17. The molecule has 2 aromatic carbocycles. The molecule has 2 aliphatic rings. The van der Waals surface area contributed by atoms with Crippen molar-refractivity contribution in [3.63, 3.8) is 0 Å². The predicted molar refractivity (Wildman–Crippen MR) is 115 cm³/mol. The lowest BCUT2D eigenvalue weighted by Gasteiger charge is -2.23. The third kappa shape index (κ3) is 3.13. The summed E-state index contributed by atoms with van der Waals surface area (Å²) >= 11 is 0. The second-order valence-corrected chi connectivity index (χ2v) is 7.62. The van der Waals surface area contributed by atoms with Crippen molar-refractivity contribution in [3.05, 3.63) is 88.9 Å². The van der Waals surface area contributed by atoms with Gasteiger partial charge in [-0.1, -0.05) is 0 Å². The largest absolute Gasteiger partial charge is 0.507 e. The van der Waals surface area contributed by atoms with Gasteiger partial charge in [0.2, 0.25) is 0 Å². The molecule has 3 aromatic rings. The van der Waals surface area contributed by atoms with Crippen molar-refractivity contribution in [2.45, 2.75) is 18.9 Å². The highest BCUT2D eigenvalue weighted by Gasteiger charge is 2.48. The second-order valence-electron chi connectivity index (χ2n) is 7.62. The van der Waals surface area contributed by atoms with Crippen molar-refractivity contribution < 1.29 is 23.8 Å². The number of aliphatic hydroxyl groups excluding tert-OH is 1. The summed E-state index contributed by atoms with van der Waals surface area (Å²) in [5, 5.41) is 20.2. The molecule has 2 aliphatic heterocycles. The zero-order valence-corrected chi connectivity index (χ0v) is 16.9. The average molecular weight is 426 g/mol. The molecular weight excluding hydrogens is 408 g/mol. The summed E-state index contributed by atoms with van der Waals surface area (Å²) in [6.07, 6.45) is 3.12. The van der Waals surface area contributed by atoms with Gasteiger partial charge < -0.3 is 14.3 Å². The number of ether oxygens (including phenoxy) is 1. The summed E-state index contributed by atoms with van der Waals surface area (Å²) in [4.78, 5) is 27.4. The minimum Gasteiger partial charge on any atom is -0.507 e. The Morgan fingerprint density at radius 3 is 2.66 bits per heavy atom. The number of rotatable bonds is 3. The van der Waals surface area contributed by atoms with Crippen LogP contribution in [0.5, 0.6) is 5.75 Å². The van der Waals surface area contributed by atoms with E-state index in [4.69, 9.17) is 14.4 Å². The number of fused-ring (bicyclic) bond motifs is 1. The molecule has 1 saturated heterocycles. The predicted octanol–water partition coefficient (Wildman–Crippen LogP) is 4.10. The number of anilines is 1. The van der Waals surface area contributed by atoms with Crippen LogP contribution < -0.4 is 9.64 Å². The summed E-state index contributed by atoms with van der Waals surface area (Å²) in [5.74, 6) is -0.750. The first-order valence-electron chi connectivity index (χ1n) is 10.2. The Morgan fingerprint density at radius 1 is 1.12 bits per heavy atom. The molecule has 0 saturated carbocycles. The molecule has 7 nitrogen and oxygen atoms in total. The molecule has 1 amide bonds. The van der Waals surface area contributed by atoms with Crippen LogP contribution in [0.1, 0.15) is 34.9 Å². The summed E-state index contributed by atoms with van der Waals surface area (Å²) < 4.78 is 11.2. The highest BCUT2D eigenvalue weighted by atomic mass is 16.5. The van der Waals surface area contributed by atoms with E-state index >= 15 is 0 Å². The van der Waals surface area contributed by atoms with Crippen LogP contribution in [-0.4, -0.2) is 23.4 Å². The smallest absolute Gasteiger partial charge is 0.300 e. The van der Waals surface area contributed by atoms with Crippen LogP contribution >= 0.6 is 0 Å². The lowest BCUT2D eigenvalue weighted by Crippen LogP contribution is -2.29. The summed E-state index contributed by atoms with van der Waals surface area (Å²) in [7, 11) is 0. The molecule has 0 spiro atoms. The minimum atomic E-state index is -0.940. The number of nitrogens with zero attached hydrogens (tertiary/aromatic N) is 2. The third-order valence-corrected chi connectivity index (χ3v) is 5.71. The van der Waals surface area contributed by atoms with Gasteiger partial charge >= 0.3 is 0 Å². The first kappa shape index (κ1) is 19.6. The molecule has 1 aromatic heterocycles. The van der Waals surface area contributed by atoms with E-state index in [1.165, 1.54) is 11.2 Å². The molecule has 1 N–H and O–H groups in total. The van der Waals surface area contributed by atoms with Gasteiger partial charge in [-0.25, -0.2) is 0 Å². The summed E-state index contributed by atoms with van der Waals surface area (Å²) in [5.41, 5.74) is 2.17. The minimum absolute atomic E-state index is 0.0500. The summed E-state index contributed by atoms with van der Waals surface area (Å²) in [6, 6.07) is 16.0. The zero-order chi connectivity index (χ0) is 22.2. The number of ketones is 1. The number of aliphatic hydroxyl groups is 1. The van der Waals surface area contributed by atoms with E-state index in [0.717, 1.165) is 24.2 Å². The highest BCUT2D eigenvalue weighted by molar-refractivity contribution is 6.51. The van der Waals surface area contributed by atoms with Crippen molar-refractivity contribution in [1.29, 1.82) is 5.26 Å². The monoisotopic (exact) mass is 426 g/mol. The molecule has 32 heavy (non-hydrogen) atoms. The van der Waals surface area contributed by atoms with E-state index < -0.39 is 17.7 Å². The van der Waals surface area contributed by atoms with Crippen LogP contribution in [0.3, 0.4) is 0 Å². The van der Waals surface area contributed by atoms with E-state index in [9.17, 15) is 14.7 Å². The number of amides is 1. The van der Waals surface area contributed by atoms with Gasteiger partial charge in [0.15, 0.2) is 0 Å². The lowest BCUT2D eigenvalue weighted by molar-refractivity contribution is -0.132. The molecule has 5 rings (SSSR count). The molecule has 7 heteroatoms. The molecular formula is C25H18N2O5. The van der Waals surface area contributed by atoms with Crippen molar-refractivity contribution in [1.82, 2.24) is 0 Å². The normalized spacial score (nSPS) is 19.3. The molecule has 158 valence electrons. The molecule has 1 atom stereocenters. The number of furan rings is 1. The second kappa shape index (κ2) is 7.75. The number of carbonyl (C=O) groups is 2.